The molecule has 1 aliphatic heterocycles. The van der Waals surface area contributed by atoms with Crippen molar-refractivity contribution < 1.29 is 9.59 Å². The lowest BCUT2D eigenvalue weighted by molar-refractivity contribution is -0.129. The van der Waals surface area contributed by atoms with Crippen LogP contribution in [0.3, 0.4) is 0 Å². The zero-order valence-electron chi connectivity index (χ0n) is 11.5. The molecule has 1 saturated heterocycles. The summed E-state index contributed by atoms with van der Waals surface area (Å²) in [5, 5.41) is 0. The topological polar surface area (TPSA) is 50.3 Å². The van der Waals surface area contributed by atoms with E-state index >= 15 is 0 Å². The first-order chi connectivity index (χ1) is 9.09. The molecular formula is C15H20N2O2. The number of carbonyl (C=O) groups excluding carboxylic acids is 2. The van der Waals surface area contributed by atoms with Crippen LogP contribution >= 0.6 is 0 Å². The van der Waals surface area contributed by atoms with Crippen LogP contribution in [-0.2, 0) is 9.59 Å². The van der Waals surface area contributed by atoms with Crippen LogP contribution < -0.4 is 0 Å². The third-order valence-electron chi connectivity index (χ3n) is 3.60. The number of pyridine rings is 1. The molecule has 1 amide bonds. The lowest BCUT2D eigenvalue weighted by Gasteiger charge is -2.24. The van der Waals surface area contributed by atoms with E-state index in [1.54, 1.807) is 12.4 Å². The Labute approximate surface area is 113 Å². The van der Waals surface area contributed by atoms with Crippen LogP contribution in [0.4, 0.5) is 0 Å². The number of carbonyl (C=O) groups is 2. The first kappa shape index (κ1) is 13.7. The maximum atomic E-state index is 12.4. The molecule has 0 spiro atoms. The van der Waals surface area contributed by atoms with E-state index in [1.807, 2.05) is 30.9 Å². The summed E-state index contributed by atoms with van der Waals surface area (Å²) in [6.45, 7) is 5.08. The summed E-state index contributed by atoms with van der Waals surface area (Å²) < 4.78 is 0. The van der Waals surface area contributed by atoms with Gasteiger partial charge < -0.3 is 4.90 Å². The van der Waals surface area contributed by atoms with E-state index in [-0.39, 0.29) is 23.5 Å². The minimum Gasteiger partial charge on any atom is -0.342 e. The number of hydrogen-bond acceptors (Lipinski definition) is 3. The van der Waals surface area contributed by atoms with Crippen LogP contribution in [0.2, 0.25) is 0 Å². The number of nitrogens with zero attached hydrogens (tertiary/aromatic N) is 2. The summed E-state index contributed by atoms with van der Waals surface area (Å²) in [6.07, 6.45) is 4.90. The van der Waals surface area contributed by atoms with Crippen molar-refractivity contribution in [2.75, 3.05) is 13.1 Å². The molecule has 1 atom stereocenters. The molecule has 102 valence electrons. The lowest BCUT2D eigenvalue weighted by Crippen LogP contribution is -2.34. The molecule has 2 heterocycles. The van der Waals surface area contributed by atoms with E-state index < -0.39 is 0 Å². The molecule has 4 nitrogen and oxygen atoms in total. The molecular weight excluding hydrogens is 240 g/mol. The van der Waals surface area contributed by atoms with Crippen molar-refractivity contribution in [2.24, 2.45) is 5.92 Å². The second-order valence-corrected chi connectivity index (χ2v) is 5.33. The standard InChI is InChI=1S/C15H20N2O2/c1-11(2)15(19)13(12-5-7-16-8-6-12)10-17-9-3-4-14(17)18/h5-8,11,13H,3-4,9-10H2,1-2H3. The SMILES string of the molecule is CC(C)C(=O)C(CN1CCCC1=O)c1ccncc1. The minimum absolute atomic E-state index is 0.0316. The van der Waals surface area contributed by atoms with Crippen molar-refractivity contribution >= 4 is 11.7 Å². The van der Waals surface area contributed by atoms with Crippen LogP contribution in [0.5, 0.6) is 0 Å². The Kier molecular flexibility index (Phi) is 4.30. The van der Waals surface area contributed by atoms with E-state index in [1.165, 1.54) is 0 Å². The summed E-state index contributed by atoms with van der Waals surface area (Å²) in [6, 6.07) is 3.73. The average Bonchev–Trinajstić information content (AvgIpc) is 2.81. The van der Waals surface area contributed by atoms with Crippen molar-refractivity contribution in [1.29, 1.82) is 0 Å². The van der Waals surface area contributed by atoms with E-state index in [9.17, 15) is 9.59 Å². The van der Waals surface area contributed by atoms with Crippen molar-refractivity contribution in [2.45, 2.75) is 32.6 Å². The summed E-state index contributed by atoms with van der Waals surface area (Å²) in [5.74, 6) is 0.0856. The third-order valence-corrected chi connectivity index (χ3v) is 3.60. The highest BCUT2D eigenvalue weighted by Gasteiger charge is 2.29. The summed E-state index contributed by atoms with van der Waals surface area (Å²) in [4.78, 5) is 29.9. The largest absolute Gasteiger partial charge is 0.342 e. The predicted molar refractivity (Wildman–Crippen MR) is 72.6 cm³/mol. The van der Waals surface area contributed by atoms with Gasteiger partial charge in [0.25, 0.3) is 0 Å². The molecule has 0 radical (unpaired) electrons. The number of Topliss-reactive ketones (excluding diaryl/α,β-unsaturated/α-hetero) is 1. The number of rotatable bonds is 5. The van der Waals surface area contributed by atoms with Gasteiger partial charge in [-0.05, 0) is 24.1 Å². The van der Waals surface area contributed by atoms with Crippen LogP contribution in [-0.4, -0.2) is 34.7 Å². The molecule has 0 saturated carbocycles. The predicted octanol–water partition coefficient (Wildman–Crippen LogP) is 2.01. The Balaban J connectivity index is 2.19. The molecule has 2 rings (SSSR count). The minimum atomic E-state index is -0.231. The quantitative estimate of drug-likeness (QED) is 0.813. The molecule has 0 aliphatic carbocycles. The Hall–Kier alpha value is -1.71. The molecule has 0 N–H and O–H groups in total. The van der Waals surface area contributed by atoms with Gasteiger partial charge in [-0.3, -0.25) is 14.6 Å². The van der Waals surface area contributed by atoms with Gasteiger partial charge in [0, 0.05) is 37.8 Å². The molecule has 4 heteroatoms. The van der Waals surface area contributed by atoms with Gasteiger partial charge in [-0.25, -0.2) is 0 Å². The number of ketones is 1. The number of aromatic nitrogens is 1. The van der Waals surface area contributed by atoms with Gasteiger partial charge in [0.15, 0.2) is 0 Å². The van der Waals surface area contributed by atoms with Crippen LogP contribution in [0.25, 0.3) is 0 Å². The Morgan fingerprint density at radius 1 is 1.37 bits per heavy atom. The fourth-order valence-electron chi connectivity index (χ4n) is 2.48. The highest BCUT2D eigenvalue weighted by molar-refractivity contribution is 5.88. The maximum Gasteiger partial charge on any atom is 0.222 e. The van der Waals surface area contributed by atoms with E-state index in [0.29, 0.717) is 13.0 Å². The molecule has 1 aromatic heterocycles. The van der Waals surface area contributed by atoms with Gasteiger partial charge >= 0.3 is 0 Å². The smallest absolute Gasteiger partial charge is 0.222 e. The molecule has 0 aromatic carbocycles. The molecule has 1 aliphatic rings. The van der Waals surface area contributed by atoms with Crippen LogP contribution in [0.15, 0.2) is 24.5 Å². The normalized spacial score (nSPS) is 17.0. The fourth-order valence-corrected chi connectivity index (χ4v) is 2.48. The van der Waals surface area contributed by atoms with E-state index in [4.69, 9.17) is 0 Å². The Bertz CT molecular complexity index is 456. The number of amides is 1. The van der Waals surface area contributed by atoms with Gasteiger partial charge in [-0.2, -0.15) is 0 Å². The second-order valence-electron chi connectivity index (χ2n) is 5.33. The van der Waals surface area contributed by atoms with Crippen molar-refractivity contribution in [3.63, 3.8) is 0 Å². The first-order valence-electron chi connectivity index (χ1n) is 6.81. The molecule has 1 unspecified atom stereocenters. The molecule has 0 bridgehead atoms. The van der Waals surface area contributed by atoms with Crippen LogP contribution in [0, 0.1) is 5.92 Å². The first-order valence-corrected chi connectivity index (χ1v) is 6.81. The summed E-state index contributed by atoms with van der Waals surface area (Å²) >= 11 is 0. The van der Waals surface area contributed by atoms with Crippen molar-refractivity contribution in [1.82, 2.24) is 9.88 Å². The number of likely N-dealkylation sites (tertiary alicyclic amines) is 1. The van der Waals surface area contributed by atoms with Gasteiger partial charge in [0.05, 0.1) is 5.92 Å². The number of hydrogen-bond donors (Lipinski definition) is 0. The summed E-state index contributed by atoms with van der Waals surface area (Å²) in [7, 11) is 0. The molecule has 1 fully saturated rings. The zero-order chi connectivity index (χ0) is 13.8. The Morgan fingerprint density at radius 3 is 2.58 bits per heavy atom. The average molecular weight is 260 g/mol. The fraction of sp³-hybridized carbons (Fsp3) is 0.533. The second kappa shape index (κ2) is 5.95. The Morgan fingerprint density at radius 2 is 2.05 bits per heavy atom. The van der Waals surface area contributed by atoms with Crippen LogP contribution in [0.1, 0.15) is 38.2 Å². The molecule has 19 heavy (non-hydrogen) atoms. The van der Waals surface area contributed by atoms with Gasteiger partial charge in [0.1, 0.15) is 5.78 Å². The van der Waals surface area contributed by atoms with Crippen molar-refractivity contribution in [3.8, 4) is 0 Å². The van der Waals surface area contributed by atoms with Crippen molar-refractivity contribution in [3.05, 3.63) is 30.1 Å². The highest BCUT2D eigenvalue weighted by atomic mass is 16.2. The third kappa shape index (κ3) is 3.19. The summed E-state index contributed by atoms with van der Waals surface area (Å²) in [5.41, 5.74) is 0.952. The lowest BCUT2D eigenvalue weighted by atomic mass is 9.89. The highest BCUT2D eigenvalue weighted by Crippen LogP contribution is 2.23. The van der Waals surface area contributed by atoms with Gasteiger partial charge in [-0.15, -0.1) is 0 Å². The zero-order valence-corrected chi connectivity index (χ0v) is 11.5. The molecule has 1 aromatic rings. The maximum absolute atomic E-state index is 12.4. The van der Waals surface area contributed by atoms with Gasteiger partial charge in [-0.1, -0.05) is 13.8 Å². The monoisotopic (exact) mass is 260 g/mol. The van der Waals surface area contributed by atoms with E-state index in [0.717, 1.165) is 18.5 Å². The van der Waals surface area contributed by atoms with Gasteiger partial charge in [0.2, 0.25) is 5.91 Å². The van der Waals surface area contributed by atoms with E-state index in [2.05, 4.69) is 4.98 Å².